The summed E-state index contributed by atoms with van der Waals surface area (Å²) in [7, 11) is 0. The normalized spacial score (nSPS) is 55.9. The lowest BCUT2D eigenvalue weighted by Crippen LogP contribution is -2.77. The molecule has 6 fully saturated rings. The molecular weight excluding hydrogens is 320 g/mol. The predicted octanol–water partition coefficient (Wildman–Crippen LogP) is 1.26. The van der Waals surface area contributed by atoms with Gasteiger partial charge < -0.3 is 14.9 Å². The molecule has 0 aromatic carbocycles. The van der Waals surface area contributed by atoms with E-state index >= 15 is 0 Å². The molecule has 0 unspecified atom stereocenters. The van der Waals surface area contributed by atoms with Crippen LogP contribution in [0.2, 0.25) is 0 Å². The number of carbonyl (C=O) groups excluding carboxylic acids is 2. The van der Waals surface area contributed by atoms with E-state index in [1.807, 2.05) is 13.8 Å². The van der Waals surface area contributed by atoms with Crippen molar-refractivity contribution in [2.75, 3.05) is 6.61 Å². The lowest BCUT2D eigenvalue weighted by atomic mass is 9.37. The van der Waals surface area contributed by atoms with Crippen LogP contribution in [0.15, 0.2) is 12.2 Å². The Morgan fingerprint density at radius 2 is 1.88 bits per heavy atom. The zero-order chi connectivity index (χ0) is 17.9. The molecule has 2 aliphatic heterocycles. The summed E-state index contributed by atoms with van der Waals surface area (Å²) in [5.41, 5.74) is -1.66. The Kier molecular flexibility index (Phi) is 2.87. The van der Waals surface area contributed by atoms with Crippen LogP contribution in [0.5, 0.6) is 0 Å². The summed E-state index contributed by atoms with van der Waals surface area (Å²) in [5.74, 6) is -0.732. The van der Waals surface area contributed by atoms with Crippen molar-refractivity contribution in [3.8, 4) is 0 Å². The fourth-order valence-corrected chi connectivity index (χ4v) is 7.54. The fourth-order valence-electron chi connectivity index (χ4n) is 7.54. The van der Waals surface area contributed by atoms with Gasteiger partial charge in [-0.3, -0.25) is 9.59 Å². The van der Waals surface area contributed by atoms with Crippen molar-refractivity contribution in [3.05, 3.63) is 12.2 Å². The number of ether oxygens (including phenoxy) is 1. The first-order valence-corrected chi connectivity index (χ1v) is 9.43. The van der Waals surface area contributed by atoms with Gasteiger partial charge in [0, 0.05) is 12.3 Å². The minimum absolute atomic E-state index is 0.110. The maximum atomic E-state index is 13.4. The molecule has 4 bridgehead atoms. The quantitative estimate of drug-likeness (QED) is 0.645. The van der Waals surface area contributed by atoms with Crippen molar-refractivity contribution in [1.29, 1.82) is 0 Å². The maximum Gasteiger partial charge on any atom is 0.170 e. The number of aliphatic hydroxyl groups excluding tert-OH is 2. The van der Waals surface area contributed by atoms with Gasteiger partial charge in [0.2, 0.25) is 0 Å². The monoisotopic (exact) mass is 346 g/mol. The molecule has 6 aliphatic rings. The Bertz CT molecular complexity index is 711. The molecule has 0 aromatic heterocycles. The van der Waals surface area contributed by atoms with E-state index in [1.54, 1.807) is 0 Å². The Morgan fingerprint density at radius 3 is 2.56 bits per heavy atom. The van der Waals surface area contributed by atoms with E-state index in [2.05, 4.69) is 6.58 Å². The van der Waals surface area contributed by atoms with E-state index in [9.17, 15) is 19.8 Å². The van der Waals surface area contributed by atoms with Gasteiger partial charge in [-0.05, 0) is 42.1 Å². The number of Topliss-reactive ketones (excluding diaryl/α,β-unsaturated/α-hetero) is 2. The zero-order valence-electron chi connectivity index (χ0n) is 14.8. The van der Waals surface area contributed by atoms with E-state index in [4.69, 9.17) is 4.74 Å². The van der Waals surface area contributed by atoms with Crippen LogP contribution in [-0.2, 0) is 14.3 Å². The molecular formula is C20H26O5. The van der Waals surface area contributed by atoms with Crippen molar-refractivity contribution >= 4 is 11.6 Å². The summed E-state index contributed by atoms with van der Waals surface area (Å²) in [6.07, 6.45) is -0.0122. The number of aliphatic hydroxyl groups is 2. The molecule has 2 saturated heterocycles. The largest absolute Gasteiger partial charge is 0.388 e. The molecule has 136 valence electrons. The molecule has 5 heteroatoms. The first kappa shape index (κ1) is 16.2. The Balaban J connectivity index is 1.76. The van der Waals surface area contributed by atoms with Gasteiger partial charge in [0.05, 0.1) is 29.6 Å². The number of carbonyl (C=O) groups is 2. The Labute approximate surface area is 147 Å². The second-order valence-corrected chi connectivity index (χ2v) is 9.62. The molecule has 8 atom stereocenters. The summed E-state index contributed by atoms with van der Waals surface area (Å²) in [5, 5.41) is 22.1. The average molecular weight is 346 g/mol. The minimum Gasteiger partial charge on any atom is -0.388 e. The van der Waals surface area contributed by atoms with Crippen LogP contribution in [0.1, 0.15) is 39.5 Å². The zero-order valence-corrected chi connectivity index (χ0v) is 14.8. The average Bonchev–Trinajstić information content (AvgIpc) is 2.76. The molecule has 0 radical (unpaired) electrons. The molecule has 2 spiro atoms. The van der Waals surface area contributed by atoms with Gasteiger partial charge in [0.15, 0.2) is 5.78 Å². The van der Waals surface area contributed by atoms with Crippen LogP contribution >= 0.6 is 0 Å². The predicted molar refractivity (Wildman–Crippen MR) is 88.5 cm³/mol. The van der Waals surface area contributed by atoms with Crippen molar-refractivity contribution in [1.82, 2.24) is 0 Å². The molecule has 6 rings (SSSR count). The van der Waals surface area contributed by atoms with E-state index in [-0.39, 0.29) is 36.1 Å². The fraction of sp³-hybridized carbons (Fsp3) is 0.800. The number of rotatable bonds is 0. The second-order valence-electron chi connectivity index (χ2n) is 9.62. The summed E-state index contributed by atoms with van der Waals surface area (Å²) in [4.78, 5) is 26.7. The first-order valence-electron chi connectivity index (χ1n) is 9.43. The Hall–Kier alpha value is -1.04. The lowest BCUT2D eigenvalue weighted by Gasteiger charge is -2.68. The number of ketones is 2. The highest BCUT2D eigenvalue weighted by molar-refractivity contribution is 5.98. The van der Waals surface area contributed by atoms with Crippen LogP contribution < -0.4 is 0 Å². The van der Waals surface area contributed by atoms with Crippen LogP contribution in [0.25, 0.3) is 0 Å². The van der Waals surface area contributed by atoms with Crippen LogP contribution in [-0.4, -0.2) is 46.7 Å². The summed E-state index contributed by atoms with van der Waals surface area (Å²) in [6, 6.07) is 0. The topological polar surface area (TPSA) is 83.8 Å². The number of fused-ring (bicyclic) bond motifs is 3. The van der Waals surface area contributed by atoms with Gasteiger partial charge in [0.25, 0.3) is 0 Å². The Morgan fingerprint density at radius 1 is 1.16 bits per heavy atom. The third kappa shape index (κ3) is 1.47. The van der Waals surface area contributed by atoms with E-state index < -0.39 is 34.4 Å². The van der Waals surface area contributed by atoms with Crippen molar-refractivity contribution < 1.29 is 24.5 Å². The van der Waals surface area contributed by atoms with Crippen molar-refractivity contribution in [2.45, 2.75) is 57.8 Å². The molecule has 0 amide bonds. The van der Waals surface area contributed by atoms with Crippen LogP contribution in [0.3, 0.4) is 0 Å². The standard InChI is InChI=1S/C20H26O5/c1-9-10-4-5-11-19(7-10,16(9)23)17(24)14(22)15-18(2,3)13-6-12(21)20(11,15)8-25-13/h10-11,13-16,22-23H,1,4-8H2,2-3H3/t10-,11-,13+,14+,15-,16-,19+,20-/m1/s1. The summed E-state index contributed by atoms with van der Waals surface area (Å²) >= 11 is 0. The minimum atomic E-state index is -1.22. The van der Waals surface area contributed by atoms with Crippen molar-refractivity contribution in [3.63, 3.8) is 0 Å². The molecule has 4 aliphatic carbocycles. The van der Waals surface area contributed by atoms with E-state index in [0.717, 1.165) is 6.42 Å². The number of hydrogen-bond donors (Lipinski definition) is 2. The molecule has 2 N–H and O–H groups in total. The van der Waals surface area contributed by atoms with E-state index in [0.29, 0.717) is 24.8 Å². The van der Waals surface area contributed by atoms with Gasteiger partial charge in [-0.2, -0.15) is 0 Å². The van der Waals surface area contributed by atoms with Crippen LogP contribution in [0, 0.1) is 34.0 Å². The second kappa shape index (κ2) is 4.44. The molecule has 0 aromatic rings. The van der Waals surface area contributed by atoms with Gasteiger partial charge in [0.1, 0.15) is 11.9 Å². The van der Waals surface area contributed by atoms with Gasteiger partial charge in [-0.15, -0.1) is 0 Å². The van der Waals surface area contributed by atoms with Gasteiger partial charge in [-0.1, -0.05) is 20.4 Å². The smallest absolute Gasteiger partial charge is 0.170 e. The first-order chi connectivity index (χ1) is 11.7. The van der Waals surface area contributed by atoms with Crippen molar-refractivity contribution in [2.24, 2.45) is 34.0 Å². The maximum absolute atomic E-state index is 13.4. The lowest BCUT2D eigenvalue weighted by molar-refractivity contribution is -0.274. The highest BCUT2D eigenvalue weighted by atomic mass is 16.5. The molecule has 4 saturated carbocycles. The SMILES string of the molecule is C=C1[C@@H]2CC[C@@H]3[C@](C2)(C(=O)[C@@H](O)[C@@H]2C(C)(C)[C@@H]4CC(=O)[C@@]32CO4)[C@@H]1O. The van der Waals surface area contributed by atoms with E-state index in [1.165, 1.54) is 0 Å². The molecule has 5 nitrogen and oxygen atoms in total. The van der Waals surface area contributed by atoms with Gasteiger partial charge >= 0.3 is 0 Å². The van der Waals surface area contributed by atoms with Gasteiger partial charge in [-0.25, -0.2) is 0 Å². The van der Waals surface area contributed by atoms with Crippen LogP contribution in [0.4, 0.5) is 0 Å². The highest BCUT2D eigenvalue weighted by Gasteiger charge is 2.78. The third-order valence-corrected chi connectivity index (χ3v) is 8.64. The molecule has 25 heavy (non-hydrogen) atoms. The third-order valence-electron chi connectivity index (χ3n) is 8.64. The summed E-state index contributed by atoms with van der Waals surface area (Å²) < 4.78 is 6.07. The molecule has 2 heterocycles. The highest BCUT2D eigenvalue weighted by Crippen LogP contribution is 2.71. The number of hydrogen-bond acceptors (Lipinski definition) is 5. The summed E-state index contributed by atoms with van der Waals surface area (Å²) in [6.45, 7) is 8.32.